The number of carbonyl (C=O) groups is 2. The number of esters is 1. The van der Waals surface area contributed by atoms with E-state index in [9.17, 15) is 9.59 Å². The van der Waals surface area contributed by atoms with Crippen molar-refractivity contribution in [3.63, 3.8) is 0 Å². The zero-order valence-electron chi connectivity index (χ0n) is 12.7. The first-order chi connectivity index (χ1) is 11.1. The summed E-state index contributed by atoms with van der Waals surface area (Å²) < 4.78 is 5.12. The van der Waals surface area contributed by atoms with Gasteiger partial charge in [0.15, 0.2) is 0 Å². The number of pyridine rings is 1. The number of aromatic nitrogens is 1. The first-order valence-electron chi connectivity index (χ1n) is 7.30. The zero-order valence-corrected chi connectivity index (χ0v) is 13.5. The number of carbonyl (C=O) groups excluding carboxylic acids is 2. The Morgan fingerprint density at radius 3 is 2.43 bits per heavy atom. The SMILES string of the molecule is CCCCOC(=O)c1ccc(NC(=O)c2ccc(Cl)nc2)cc1. The molecule has 1 aromatic carbocycles. The third kappa shape index (κ3) is 5.07. The van der Waals surface area contributed by atoms with Crippen molar-refractivity contribution in [2.24, 2.45) is 0 Å². The van der Waals surface area contributed by atoms with E-state index in [1.54, 1.807) is 36.4 Å². The lowest BCUT2D eigenvalue weighted by Crippen LogP contribution is -2.12. The van der Waals surface area contributed by atoms with E-state index in [0.29, 0.717) is 28.6 Å². The van der Waals surface area contributed by atoms with Gasteiger partial charge in [-0.15, -0.1) is 0 Å². The number of hydrogen-bond acceptors (Lipinski definition) is 4. The second-order valence-corrected chi connectivity index (χ2v) is 5.28. The van der Waals surface area contributed by atoms with Crippen molar-refractivity contribution in [1.82, 2.24) is 4.98 Å². The highest BCUT2D eigenvalue weighted by molar-refractivity contribution is 6.29. The van der Waals surface area contributed by atoms with E-state index in [2.05, 4.69) is 10.3 Å². The number of unbranched alkanes of at least 4 members (excludes halogenated alkanes) is 1. The van der Waals surface area contributed by atoms with Crippen LogP contribution in [0.3, 0.4) is 0 Å². The molecule has 23 heavy (non-hydrogen) atoms. The van der Waals surface area contributed by atoms with E-state index in [1.165, 1.54) is 6.20 Å². The Morgan fingerprint density at radius 2 is 1.83 bits per heavy atom. The number of hydrogen-bond donors (Lipinski definition) is 1. The summed E-state index contributed by atoms with van der Waals surface area (Å²) in [6, 6.07) is 9.67. The van der Waals surface area contributed by atoms with Crippen molar-refractivity contribution >= 4 is 29.2 Å². The van der Waals surface area contributed by atoms with Crippen LogP contribution in [0, 0.1) is 0 Å². The van der Waals surface area contributed by atoms with Crippen molar-refractivity contribution in [2.45, 2.75) is 19.8 Å². The molecule has 1 heterocycles. The Hall–Kier alpha value is -2.40. The molecule has 0 fully saturated rings. The lowest BCUT2D eigenvalue weighted by molar-refractivity contribution is 0.0499. The summed E-state index contributed by atoms with van der Waals surface area (Å²) in [5, 5.41) is 3.05. The molecule has 2 rings (SSSR count). The Morgan fingerprint density at radius 1 is 1.13 bits per heavy atom. The Kier molecular flexibility index (Phi) is 6.11. The number of anilines is 1. The molecule has 0 spiro atoms. The van der Waals surface area contributed by atoms with Crippen LogP contribution in [0.5, 0.6) is 0 Å². The molecular weight excluding hydrogens is 316 g/mol. The monoisotopic (exact) mass is 332 g/mol. The van der Waals surface area contributed by atoms with Crippen molar-refractivity contribution in [1.29, 1.82) is 0 Å². The fourth-order valence-corrected chi connectivity index (χ4v) is 1.91. The number of ether oxygens (including phenoxy) is 1. The van der Waals surface area contributed by atoms with Crippen LogP contribution >= 0.6 is 11.6 Å². The molecule has 120 valence electrons. The maximum absolute atomic E-state index is 12.0. The number of amides is 1. The fourth-order valence-electron chi connectivity index (χ4n) is 1.80. The second-order valence-electron chi connectivity index (χ2n) is 4.89. The summed E-state index contributed by atoms with van der Waals surface area (Å²) in [6.45, 7) is 2.44. The Labute approximate surface area is 139 Å². The van der Waals surface area contributed by atoms with Crippen molar-refractivity contribution in [2.75, 3.05) is 11.9 Å². The van der Waals surface area contributed by atoms with Crippen LogP contribution in [-0.4, -0.2) is 23.5 Å². The fraction of sp³-hybridized carbons (Fsp3) is 0.235. The molecule has 1 amide bonds. The summed E-state index contributed by atoms with van der Waals surface area (Å²) >= 11 is 5.68. The summed E-state index contributed by atoms with van der Waals surface area (Å²) in [4.78, 5) is 27.7. The van der Waals surface area contributed by atoms with E-state index >= 15 is 0 Å². The van der Waals surface area contributed by atoms with Gasteiger partial charge in [0.2, 0.25) is 0 Å². The van der Waals surface area contributed by atoms with E-state index in [1.807, 2.05) is 6.92 Å². The summed E-state index contributed by atoms with van der Waals surface area (Å²) in [5.41, 5.74) is 1.43. The molecule has 6 heteroatoms. The predicted molar refractivity (Wildman–Crippen MR) is 88.8 cm³/mol. The third-order valence-corrected chi connectivity index (χ3v) is 3.32. The highest BCUT2D eigenvalue weighted by Crippen LogP contribution is 2.13. The minimum absolute atomic E-state index is 0.299. The van der Waals surface area contributed by atoms with Gasteiger partial charge in [-0.05, 0) is 42.8 Å². The minimum atomic E-state index is -0.363. The number of nitrogens with one attached hydrogen (secondary N) is 1. The Bertz CT molecular complexity index is 669. The standard InChI is InChI=1S/C17H17ClN2O3/c1-2-3-10-23-17(22)12-4-7-14(8-5-12)20-16(21)13-6-9-15(18)19-11-13/h4-9,11H,2-3,10H2,1H3,(H,20,21). The van der Waals surface area contributed by atoms with Gasteiger partial charge in [-0.2, -0.15) is 0 Å². The van der Waals surface area contributed by atoms with Gasteiger partial charge in [-0.25, -0.2) is 9.78 Å². The van der Waals surface area contributed by atoms with Crippen LogP contribution in [0.2, 0.25) is 5.15 Å². The number of benzene rings is 1. The van der Waals surface area contributed by atoms with Gasteiger partial charge in [-0.3, -0.25) is 4.79 Å². The molecule has 0 aliphatic heterocycles. The van der Waals surface area contributed by atoms with Crippen LogP contribution in [0.25, 0.3) is 0 Å². The number of halogens is 1. The summed E-state index contributed by atoms with van der Waals surface area (Å²) in [7, 11) is 0. The summed E-state index contributed by atoms with van der Waals surface area (Å²) in [5.74, 6) is -0.661. The van der Waals surface area contributed by atoms with Gasteiger partial charge in [0.1, 0.15) is 5.15 Å². The van der Waals surface area contributed by atoms with Gasteiger partial charge >= 0.3 is 5.97 Å². The van der Waals surface area contributed by atoms with Gasteiger partial charge in [0.05, 0.1) is 17.7 Å². The molecule has 0 aliphatic carbocycles. The van der Waals surface area contributed by atoms with Gasteiger partial charge in [-0.1, -0.05) is 24.9 Å². The maximum Gasteiger partial charge on any atom is 0.338 e. The maximum atomic E-state index is 12.0. The van der Waals surface area contributed by atoms with E-state index in [4.69, 9.17) is 16.3 Å². The van der Waals surface area contributed by atoms with Gasteiger partial charge in [0.25, 0.3) is 5.91 Å². The largest absolute Gasteiger partial charge is 0.462 e. The summed E-state index contributed by atoms with van der Waals surface area (Å²) in [6.07, 6.45) is 3.21. The highest BCUT2D eigenvalue weighted by atomic mass is 35.5. The van der Waals surface area contributed by atoms with Crippen LogP contribution in [0.4, 0.5) is 5.69 Å². The lowest BCUT2D eigenvalue weighted by atomic mass is 10.2. The predicted octanol–water partition coefficient (Wildman–Crippen LogP) is 3.94. The van der Waals surface area contributed by atoms with Gasteiger partial charge in [0, 0.05) is 11.9 Å². The molecule has 0 bridgehead atoms. The molecule has 2 aromatic rings. The zero-order chi connectivity index (χ0) is 16.7. The molecule has 5 nitrogen and oxygen atoms in total. The van der Waals surface area contributed by atoms with E-state index in [0.717, 1.165) is 12.8 Å². The average Bonchev–Trinajstić information content (AvgIpc) is 2.56. The van der Waals surface area contributed by atoms with Crippen molar-refractivity contribution < 1.29 is 14.3 Å². The second kappa shape index (κ2) is 8.29. The van der Waals surface area contributed by atoms with Crippen molar-refractivity contribution in [3.05, 3.63) is 58.9 Å². The molecule has 1 aromatic heterocycles. The molecule has 1 N–H and O–H groups in total. The normalized spacial score (nSPS) is 10.2. The molecule has 0 unspecified atom stereocenters. The van der Waals surface area contributed by atoms with Crippen LogP contribution in [-0.2, 0) is 4.74 Å². The molecule has 0 saturated heterocycles. The molecule has 0 aliphatic rings. The van der Waals surface area contributed by atoms with Crippen LogP contribution < -0.4 is 5.32 Å². The molecular formula is C17H17ClN2O3. The minimum Gasteiger partial charge on any atom is -0.462 e. The first-order valence-corrected chi connectivity index (χ1v) is 7.68. The molecule has 0 radical (unpaired) electrons. The third-order valence-electron chi connectivity index (χ3n) is 3.10. The van der Waals surface area contributed by atoms with Gasteiger partial charge < -0.3 is 10.1 Å². The molecule has 0 atom stereocenters. The van der Waals surface area contributed by atoms with E-state index in [-0.39, 0.29) is 11.9 Å². The molecule has 0 saturated carbocycles. The first kappa shape index (κ1) is 17.0. The average molecular weight is 333 g/mol. The van der Waals surface area contributed by atoms with E-state index < -0.39 is 0 Å². The highest BCUT2D eigenvalue weighted by Gasteiger charge is 2.09. The lowest BCUT2D eigenvalue weighted by Gasteiger charge is -2.07. The number of nitrogens with zero attached hydrogens (tertiary/aromatic N) is 1. The van der Waals surface area contributed by atoms with Crippen LogP contribution in [0.15, 0.2) is 42.6 Å². The Balaban J connectivity index is 1.95. The number of rotatable bonds is 6. The smallest absolute Gasteiger partial charge is 0.338 e. The topological polar surface area (TPSA) is 68.3 Å². The quantitative estimate of drug-likeness (QED) is 0.494. The van der Waals surface area contributed by atoms with Crippen molar-refractivity contribution in [3.8, 4) is 0 Å². The van der Waals surface area contributed by atoms with Crippen LogP contribution in [0.1, 0.15) is 40.5 Å².